The molecule has 0 aliphatic carbocycles. The molecule has 0 amide bonds. The molecule has 3 heteroatoms. The molecule has 0 saturated carbocycles. The van der Waals surface area contributed by atoms with Gasteiger partial charge in [0.1, 0.15) is 0 Å². The molecule has 2 unspecified atom stereocenters. The highest BCUT2D eigenvalue weighted by Gasteiger charge is 2.21. The number of hydrogen-bond donors (Lipinski definition) is 1. The van der Waals surface area contributed by atoms with Gasteiger partial charge in [-0.25, -0.2) is 0 Å². The van der Waals surface area contributed by atoms with Crippen LogP contribution in [0.2, 0.25) is 0 Å². The molecule has 0 heterocycles. The zero-order valence-electron chi connectivity index (χ0n) is 9.41. The Hall–Kier alpha value is -0.120. The van der Waals surface area contributed by atoms with Gasteiger partial charge in [0.05, 0.1) is 24.9 Å². The van der Waals surface area contributed by atoms with E-state index in [1.54, 1.807) is 7.11 Å². The van der Waals surface area contributed by atoms with E-state index in [-0.39, 0.29) is 18.2 Å². The first-order chi connectivity index (χ1) is 5.99. The highest BCUT2D eigenvalue weighted by atomic mass is 16.5. The molecule has 2 N–H and O–H groups in total. The number of hydrogen-bond acceptors (Lipinski definition) is 3. The number of ether oxygens (including phenoxy) is 2. The summed E-state index contributed by atoms with van der Waals surface area (Å²) >= 11 is 0. The molecular weight excluding hydrogens is 166 g/mol. The lowest BCUT2D eigenvalue weighted by atomic mass is 10.0. The summed E-state index contributed by atoms with van der Waals surface area (Å²) in [4.78, 5) is 0. The molecule has 13 heavy (non-hydrogen) atoms. The van der Waals surface area contributed by atoms with Gasteiger partial charge in [-0.3, -0.25) is 0 Å². The Morgan fingerprint density at radius 3 is 2.00 bits per heavy atom. The van der Waals surface area contributed by atoms with E-state index in [1.165, 1.54) is 0 Å². The predicted molar refractivity (Wildman–Crippen MR) is 54.7 cm³/mol. The van der Waals surface area contributed by atoms with Crippen molar-refractivity contribution in [3.05, 3.63) is 0 Å². The van der Waals surface area contributed by atoms with Crippen molar-refractivity contribution >= 4 is 0 Å². The highest BCUT2D eigenvalue weighted by molar-refractivity contribution is 4.75. The van der Waals surface area contributed by atoms with Crippen molar-refractivity contribution in [2.24, 2.45) is 11.7 Å². The van der Waals surface area contributed by atoms with Gasteiger partial charge in [-0.1, -0.05) is 13.8 Å². The van der Waals surface area contributed by atoms with Crippen molar-refractivity contribution in [1.82, 2.24) is 0 Å². The molecule has 0 aromatic heterocycles. The van der Waals surface area contributed by atoms with Gasteiger partial charge in [0.15, 0.2) is 0 Å². The van der Waals surface area contributed by atoms with Crippen LogP contribution in [0, 0.1) is 5.92 Å². The predicted octanol–water partition coefficient (Wildman–Crippen LogP) is 1.41. The minimum Gasteiger partial charge on any atom is -0.379 e. The van der Waals surface area contributed by atoms with E-state index in [0.717, 1.165) is 0 Å². The van der Waals surface area contributed by atoms with Gasteiger partial charge < -0.3 is 15.2 Å². The SMILES string of the molecule is COC(C(C)C)C(N)COC(C)C. The van der Waals surface area contributed by atoms with Gasteiger partial charge in [0.2, 0.25) is 0 Å². The Balaban J connectivity index is 3.84. The molecule has 0 aliphatic heterocycles. The molecule has 0 aromatic rings. The van der Waals surface area contributed by atoms with Crippen LogP contribution in [0.1, 0.15) is 27.7 Å². The lowest BCUT2D eigenvalue weighted by molar-refractivity contribution is -0.00557. The largest absolute Gasteiger partial charge is 0.379 e. The molecule has 0 radical (unpaired) electrons. The Morgan fingerprint density at radius 2 is 1.69 bits per heavy atom. The van der Waals surface area contributed by atoms with Crippen LogP contribution >= 0.6 is 0 Å². The molecule has 0 saturated heterocycles. The summed E-state index contributed by atoms with van der Waals surface area (Å²) in [6.07, 6.45) is 0.314. The molecule has 0 aromatic carbocycles. The van der Waals surface area contributed by atoms with Gasteiger partial charge in [-0.05, 0) is 19.8 Å². The first-order valence-electron chi connectivity index (χ1n) is 4.89. The molecule has 0 spiro atoms. The zero-order chi connectivity index (χ0) is 10.4. The summed E-state index contributed by atoms with van der Waals surface area (Å²) in [6, 6.07) is -0.0348. The summed E-state index contributed by atoms with van der Waals surface area (Å²) < 4.78 is 10.7. The molecule has 0 rings (SSSR count). The van der Waals surface area contributed by atoms with E-state index in [2.05, 4.69) is 13.8 Å². The van der Waals surface area contributed by atoms with E-state index >= 15 is 0 Å². The third-order valence-electron chi connectivity index (χ3n) is 1.97. The summed E-state index contributed by atoms with van der Waals surface area (Å²) in [5, 5.41) is 0. The lowest BCUT2D eigenvalue weighted by Gasteiger charge is -2.26. The van der Waals surface area contributed by atoms with Crippen LogP contribution in [-0.2, 0) is 9.47 Å². The van der Waals surface area contributed by atoms with Gasteiger partial charge in [-0.15, -0.1) is 0 Å². The van der Waals surface area contributed by atoms with E-state index in [1.807, 2.05) is 13.8 Å². The van der Waals surface area contributed by atoms with Crippen LogP contribution < -0.4 is 5.73 Å². The van der Waals surface area contributed by atoms with Crippen molar-refractivity contribution in [2.75, 3.05) is 13.7 Å². The van der Waals surface area contributed by atoms with Crippen LogP contribution in [0.4, 0.5) is 0 Å². The third kappa shape index (κ3) is 5.24. The fourth-order valence-electron chi connectivity index (χ4n) is 1.34. The number of methoxy groups -OCH3 is 1. The Morgan fingerprint density at radius 1 is 1.15 bits per heavy atom. The van der Waals surface area contributed by atoms with Crippen molar-refractivity contribution in [2.45, 2.75) is 45.9 Å². The standard InChI is InChI=1S/C10H23NO2/c1-7(2)10(12-5)9(11)6-13-8(3)4/h7-10H,6,11H2,1-5H3. The van der Waals surface area contributed by atoms with Crippen molar-refractivity contribution in [3.63, 3.8) is 0 Å². The Kier molecular flexibility index (Phi) is 6.29. The molecule has 0 fully saturated rings. The Bertz CT molecular complexity index is 126. The smallest absolute Gasteiger partial charge is 0.0767 e. The van der Waals surface area contributed by atoms with Gasteiger partial charge in [-0.2, -0.15) is 0 Å². The maximum absolute atomic E-state index is 5.93. The van der Waals surface area contributed by atoms with E-state index in [4.69, 9.17) is 15.2 Å². The number of nitrogens with two attached hydrogens (primary N) is 1. The van der Waals surface area contributed by atoms with Crippen LogP contribution in [0.25, 0.3) is 0 Å². The van der Waals surface area contributed by atoms with Crippen LogP contribution in [0.3, 0.4) is 0 Å². The van der Waals surface area contributed by atoms with Gasteiger partial charge >= 0.3 is 0 Å². The fraction of sp³-hybridized carbons (Fsp3) is 1.00. The fourth-order valence-corrected chi connectivity index (χ4v) is 1.34. The molecule has 2 atom stereocenters. The monoisotopic (exact) mass is 189 g/mol. The normalized spacial score (nSPS) is 16.6. The summed E-state index contributed by atoms with van der Waals surface area (Å²) in [5.74, 6) is 0.427. The minimum absolute atomic E-state index is 0.0348. The minimum atomic E-state index is -0.0348. The molecule has 3 nitrogen and oxygen atoms in total. The second-order valence-corrected chi connectivity index (χ2v) is 3.99. The van der Waals surface area contributed by atoms with E-state index in [0.29, 0.717) is 12.5 Å². The first-order valence-corrected chi connectivity index (χ1v) is 4.89. The van der Waals surface area contributed by atoms with Crippen molar-refractivity contribution in [3.8, 4) is 0 Å². The van der Waals surface area contributed by atoms with Crippen LogP contribution in [-0.4, -0.2) is 32.0 Å². The van der Waals surface area contributed by atoms with E-state index in [9.17, 15) is 0 Å². The summed E-state index contributed by atoms with van der Waals surface area (Å²) in [5.41, 5.74) is 5.93. The second kappa shape index (κ2) is 6.35. The van der Waals surface area contributed by atoms with Crippen molar-refractivity contribution in [1.29, 1.82) is 0 Å². The maximum atomic E-state index is 5.93. The Labute approximate surface area is 81.6 Å². The first kappa shape index (κ1) is 12.9. The average molecular weight is 189 g/mol. The second-order valence-electron chi connectivity index (χ2n) is 3.99. The maximum Gasteiger partial charge on any atom is 0.0767 e. The summed E-state index contributed by atoms with van der Waals surface area (Å²) in [7, 11) is 1.69. The van der Waals surface area contributed by atoms with Gasteiger partial charge in [0.25, 0.3) is 0 Å². The third-order valence-corrected chi connectivity index (χ3v) is 1.97. The lowest BCUT2D eigenvalue weighted by Crippen LogP contribution is -2.43. The molecule has 0 aliphatic rings. The average Bonchev–Trinajstić information content (AvgIpc) is 2.01. The topological polar surface area (TPSA) is 44.5 Å². The molecular formula is C10H23NO2. The number of rotatable bonds is 6. The molecule has 0 bridgehead atoms. The van der Waals surface area contributed by atoms with Gasteiger partial charge in [0, 0.05) is 7.11 Å². The van der Waals surface area contributed by atoms with Crippen LogP contribution in [0.5, 0.6) is 0 Å². The van der Waals surface area contributed by atoms with Crippen molar-refractivity contribution < 1.29 is 9.47 Å². The quantitative estimate of drug-likeness (QED) is 0.687. The zero-order valence-corrected chi connectivity index (χ0v) is 9.41. The van der Waals surface area contributed by atoms with E-state index < -0.39 is 0 Å². The highest BCUT2D eigenvalue weighted by Crippen LogP contribution is 2.09. The van der Waals surface area contributed by atoms with Crippen LogP contribution in [0.15, 0.2) is 0 Å². The molecule has 80 valence electrons. The summed E-state index contributed by atoms with van der Waals surface area (Å²) in [6.45, 7) is 8.77.